The number of likely N-dealkylation sites (N-methyl/N-ethyl adjacent to an activating group) is 1. The van der Waals surface area contributed by atoms with Crippen molar-refractivity contribution < 1.29 is 18.0 Å². The Bertz CT molecular complexity index is 744. The Balaban J connectivity index is 1.79. The van der Waals surface area contributed by atoms with Crippen LogP contribution in [-0.4, -0.2) is 62.7 Å². The number of sulfonamides is 1. The minimum Gasteiger partial charge on any atom is -0.354 e. The summed E-state index contributed by atoms with van der Waals surface area (Å²) >= 11 is 3.26. The summed E-state index contributed by atoms with van der Waals surface area (Å²) in [7, 11) is -2.38. The van der Waals surface area contributed by atoms with E-state index in [2.05, 4.69) is 21.2 Å². The molecule has 9 heteroatoms. The van der Waals surface area contributed by atoms with E-state index in [0.29, 0.717) is 0 Å². The maximum Gasteiger partial charge on any atom is 0.243 e. The Morgan fingerprint density at radius 1 is 1.11 bits per heavy atom. The molecular formula is C18H26BrN3O4S. The van der Waals surface area contributed by atoms with Crippen LogP contribution >= 0.6 is 15.9 Å². The van der Waals surface area contributed by atoms with Crippen LogP contribution in [-0.2, 0) is 19.6 Å². The number of benzene rings is 1. The molecule has 7 nitrogen and oxygen atoms in total. The van der Waals surface area contributed by atoms with Crippen molar-refractivity contribution in [3.05, 3.63) is 28.7 Å². The third-order valence-electron chi connectivity index (χ3n) is 4.51. The molecule has 0 aliphatic carbocycles. The third-order valence-corrected chi connectivity index (χ3v) is 6.85. The van der Waals surface area contributed by atoms with Crippen LogP contribution in [0.3, 0.4) is 0 Å². The molecule has 1 fully saturated rings. The zero-order valence-corrected chi connectivity index (χ0v) is 17.9. The van der Waals surface area contributed by atoms with Crippen LogP contribution in [0.1, 0.15) is 32.1 Å². The second-order valence-corrected chi connectivity index (χ2v) is 9.57. The summed E-state index contributed by atoms with van der Waals surface area (Å²) in [6.45, 7) is 1.47. The van der Waals surface area contributed by atoms with Gasteiger partial charge in [0.1, 0.15) is 0 Å². The molecule has 0 radical (unpaired) electrons. The quantitative estimate of drug-likeness (QED) is 0.674. The first kappa shape index (κ1) is 21.8. The van der Waals surface area contributed by atoms with Gasteiger partial charge in [0.05, 0.1) is 11.4 Å². The Morgan fingerprint density at radius 2 is 1.70 bits per heavy atom. The fourth-order valence-electron chi connectivity index (χ4n) is 2.92. The zero-order chi connectivity index (χ0) is 19.9. The van der Waals surface area contributed by atoms with Gasteiger partial charge in [-0.3, -0.25) is 9.59 Å². The fraction of sp³-hybridized carbons (Fsp3) is 0.556. The topological polar surface area (TPSA) is 86.8 Å². The molecule has 0 unspecified atom stereocenters. The van der Waals surface area contributed by atoms with Gasteiger partial charge in [0, 0.05) is 37.6 Å². The molecule has 0 bridgehead atoms. The molecule has 1 N–H and O–H groups in total. The van der Waals surface area contributed by atoms with E-state index in [1.54, 1.807) is 12.1 Å². The molecule has 0 spiro atoms. The zero-order valence-electron chi connectivity index (χ0n) is 15.5. The molecule has 1 heterocycles. The van der Waals surface area contributed by atoms with Crippen LogP contribution < -0.4 is 5.32 Å². The van der Waals surface area contributed by atoms with E-state index in [0.717, 1.165) is 47.6 Å². The van der Waals surface area contributed by atoms with Crippen LogP contribution in [0.5, 0.6) is 0 Å². The Hall–Kier alpha value is -1.45. The number of likely N-dealkylation sites (tertiary alicyclic amines) is 1. The molecule has 0 saturated carbocycles. The highest BCUT2D eigenvalue weighted by Crippen LogP contribution is 2.17. The van der Waals surface area contributed by atoms with Gasteiger partial charge in [-0.1, -0.05) is 28.8 Å². The SMILES string of the molecule is CN(CC(=O)NCCC(=O)N1CCCCCC1)S(=O)(=O)c1ccc(Br)cc1. The van der Waals surface area contributed by atoms with Gasteiger partial charge in [0.25, 0.3) is 0 Å². The predicted molar refractivity (Wildman–Crippen MR) is 107 cm³/mol. The lowest BCUT2D eigenvalue weighted by Crippen LogP contribution is -2.40. The number of nitrogens with zero attached hydrogens (tertiary/aromatic N) is 2. The van der Waals surface area contributed by atoms with Gasteiger partial charge in [0.2, 0.25) is 21.8 Å². The number of rotatable bonds is 7. The second-order valence-electron chi connectivity index (χ2n) is 6.61. The standard InChI is InChI=1S/C18H26BrN3O4S/c1-21(27(25,26)16-8-6-15(19)7-9-16)14-17(23)20-11-10-18(24)22-12-4-2-3-5-13-22/h6-9H,2-5,10-14H2,1H3,(H,20,23). The molecule has 1 aromatic carbocycles. The largest absolute Gasteiger partial charge is 0.354 e. The van der Waals surface area contributed by atoms with Crippen LogP contribution in [0, 0.1) is 0 Å². The normalized spacial score (nSPS) is 15.4. The van der Waals surface area contributed by atoms with Crippen LogP contribution in [0.25, 0.3) is 0 Å². The predicted octanol–water partition coefficient (Wildman–Crippen LogP) is 1.98. The molecule has 1 aromatic rings. The Morgan fingerprint density at radius 3 is 2.30 bits per heavy atom. The molecule has 1 aliphatic heterocycles. The van der Waals surface area contributed by atoms with Gasteiger partial charge in [-0.25, -0.2) is 8.42 Å². The summed E-state index contributed by atoms with van der Waals surface area (Å²) in [5, 5.41) is 2.63. The molecule has 0 atom stereocenters. The van der Waals surface area contributed by atoms with Crippen molar-refractivity contribution in [1.82, 2.24) is 14.5 Å². The minimum atomic E-state index is -3.74. The van der Waals surface area contributed by atoms with Gasteiger partial charge < -0.3 is 10.2 Å². The van der Waals surface area contributed by atoms with E-state index in [4.69, 9.17) is 0 Å². The number of carbonyl (C=O) groups is 2. The molecule has 0 aromatic heterocycles. The van der Waals surface area contributed by atoms with Crippen molar-refractivity contribution in [2.24, 2.45) is 0 Å². The highest BCUT2D eigenvalue weighted by molar-refractivity contribution is 9.10. The van der Waals surface area contributed by atoms with E-state index in [1.807, 2.05) is 4.90 Å². The summed E-state index contributed by atoms with van der Waals surface area (Å²) in [4.78, 5) is 26.2. The number of nitrogens with one attached hydrogen (secondary N) is 1. The Labute approximate surface area is 169 Å². The van der Waals surface area contributed by atoms with Crippen LogP contribution in [0.2, 0.25) is 0 Å². The van der Waals surface area contributed by atoms with Gasteiger partial charge in [-0.15, -0.1) is 0 Å². The monoisotopic (exact) mass is 459 g/mol. The highest BCUT2D eigenvalue weighted by atomic mass is 79.9. The first-order chi connectivity index (χ1) is 12.8. The smallest absolute Gasteiger partial charge is 0.243 e. The molecule has 150 valence electrons. The van der Waals surface area contributed by atoms with Crippen molar-refractivity contribution in [3.8, 4) is 0 Å². The number of hydrogen-bond acceptors (Lipinski definition) is 4. The summed E-state index contributed by atoms with van der Waals surface area (Å²) in [5.74, 6) is -0.394. The van der Waals surface area contributed by atoms with E-state index >= 15 is 0 Å². The van der Waals surface area contributed by atoms with Gasteiger partial charge in [0.15, 0.2) is 0 Å². The van der Waals surface area contributed by atoms with Crippen LogP contribution in [0.4, 0.5) is 0 Å². The van der Waals surface area contributed by atoms with Crippen molar-refractivity contribution in [3.63, 3.8) is 0 Å². The average molecular weight is 460 g/mol. The second kappa shape index (κ2) is 10.2. The summed E-state index contributed by atoms with van der Waals surface area (Å²) < 4.78 is 26.7. The number of hydrogen-bond donors (Lipinski definition) is 1. The first-order valence-corrected chi connectivity index (χ1v) is 11.3. The van der Waals surface area contributed by atoms with Crippen molar-refractivity contribution in [1.29, 1.82) is 0 Å². The Kier molecular flexibility index (Phi) is 8.25. The molecule has 1 aliphatic rings. The van der Waals surface area contributed by atoms with Gasteiger partial charge in [-0.05, 0) is 37.1 Å². The molecular weight excluding hydrogens is 434 g/mol. The van der Waals surface area contributed by atoms with Crippen molar-refractivity contribution >= 4 is 37.8 Å². The van der Waals surface area contributed by atoms with E-state index in [-0.39, 0.29) is 30.3 Å². The average Bonchev–Trinajstić information content (AvgIpc) is 2.91. The molecule has 1 saturated heterocycles. The van der Waals surface area contributed by atoms with Crippen molar-refractivity contribution in [2.75, 3.05) is 33.2 Å². The van der Waals surface area contributed by atoms with Crippen LogP contribution in [0.15, 0.2) is 33.6 Å². The van der Waals surface area contributed by atoms with Gasteiger partial charge in [-0.2, -0.15) is 4.31 Å². The van der Waals surface area contributed by atoms with Gasteiger partial charge >= 0.3 is 0 Å². The summed E-state index contributed by atoms with van der Waals surface area (Å²) in [6, 6.07) is 6.23. The van der Waals surface area contributed by atoms with E-state index < -0.39 is 15.9 Å². The maximum atomic E-state index is 12.5. The lowest BCUT2D eigenvalue weighted by atomic mass is 10.2. The minimum absolute atomic E-state index is 0.0352. The molecule has 27 heavy (non-hydrogen) atoms. The third kappa shape index (κ3) is 6.58. The lowest BCUT2D eigenvalue weighted by molar-refractivity contribution is -0.131. The van der Waals surface area contributed by atoms with Crippen molar-refractivity contribution in [2.45, 2.75) is 37.0 Å². The number of amides is 2. The highest BCUT2D eigenvalue weighted by Gasteiger charge is 2.23. The fourth-order valence-corrected chi connectivity index (χ4v) is 4.31. The van der Waals surface area contributed by atoms with E-state index in [1.165, 1.54) is 19.2 Å². The molecule has 2 rings (SSSR count). The summed E-state index contributed by atoms with van der Waals surface area (Å²) in [6.07, 6.45) is 4.59. The first-order valence-electron chi connectivity index (χ1n) is 9.07. The lowest BCUT2D eigenvalue weighted by Gasteiger charge is -2.20. The summed E-state index contributed by atoms with van der Waals surface area (Å²) in [5.41, 5.74) is 0. The number of halogens is 1. The number of carbonyl (C=O) groups excluding carboxylic acids is 2. The molecule has 2 amide bonds. The maximum absolute atomic E-state index is 12.5. The van der Waals surface area contributed by atoms with E-state index in [9.17, 15) is 18.0 Å².